The summed E-state index contributed by atoms with van der Waals surface area (Å²) >= 11 is 0. The molecule has 0 spiro atoms. The van der Waals surface area contributed by atoms with Gasteiger partial charge in [-0.2, -0.15) is 0 Å². The maximum atomic E-state index is 3.19. The Bertz CT molecular complexity index is 155. The zero-order valence-electron chi connectivity index (χ0n) is 8.40. The summed E-state index contributed by atoms with van der Waals surface area (Å²) in [5.41, 5.74) is 0. The molecule has 0 aromatic carbocycles. The van der Waals surface area contributed by atoms with Crippen molar-refractivity contribution in [3.63, 3.8) is 0 Å². The SMILES string of the molecule is CC=CCCCCC#CCCC. The zero-order chi connectivity index (χ0) is 9.07. The standard InChI is InChI=1S/C12H20/c1-3-5-7-9-11-12-10-8-6-4-2/h3,5H,4,6-7,9,11-12H2,1-2H3. The molecule has 0 aromatic heterocycles. The first-order valence-electron chi connectivity index (χ1n) is 4.98. The summed E-state index contributed by atoms with van der Waals surface area (Å²) in [5, 5.41) is 0. The molecule has 0 saturated carbocycles. The molecule has 68 valence electrons. The van der Waals surface area contributed by atoms with Crippen molar-refractivity contribution in [2.45, 2.75) is 52.4 Å². The fourth-order valence-corrected chi connectivity index (χ4v) is 0.944. The summed E-state index contributed by atoms with van der Waals surface area (Å²) in [6.45, 7) is 4.24. The molecular formula is C12H20. The Kier molecular flexibility index (Phi) is 9.70. The molecule has 0 aliphatic rings. The van der Waals surface area contributed by atoms with E-state index in [-0.39, 0.29) is 0 Å². The lowest BCUT2D eigenvalue weighted by Gasteiger charge is -1.89. The highest BCUT2D eigenvalue weighted by Crippen LogP contribution is 1.99. The van der Waals surface area contributed by atoms with Gasteiger partial charge < -0.3 is 0 Å². The van der Waals surface area contributed by atoms with E-state index in [1.807, 2.05) is 0 Å². The van der Waals surface area contributed by atoms with E-state index in [0.29, 0.717) is 0 Å². The van der Waals surface area contributed by atoms with Gasteiger partial charge in [0.15, 0.2) is 0 Å². The first kappa shape index (κ1) is 11.3. The summed E-state index contributed by atoms with van der Waals surface area (Å²) in [6, 6.07) is 0. The molecule has 12 heavy (non-hydrogen) atoms. The molecule has 0 N–H and O–H groups in total. The molecule has 0 heteroatoms. The summed E-state index contributed by atoms with van der Waals surface area (Å²) < 4.78 is 0. The smallest absolute Gasteiger partial charge is 0.00887 e. The van der Waals surface area contributed by atoms with Crippen molar-refractivity contribution < 1.29 is 0 Å². The van der Waals surface area contributed by atoms with Gasteiger partial charge in [-0.25, -0.2) is 0 Å². The molecular weight excluding hydrogens is 144 g/mol. The second-order valence-corrected chi connectivity index (χ2v) is 2.92. The van der Waals surface area contributed by atoms with Crippen LogP contribution in [0.25, 0.3) is 0 Å². The zero-order valence-corrected chi connectivity index (χ0v) is 8.40. The largest absolute Gasteiger partial charge is 0.103 e. The first-order valence-corrected chi connectivity index (χ1v) is 4.98. The number of hydrogen-bond donors (Lipinski definition) is 0. The molecule has 0 aliphatic heterocycles. The van der Waals surface area contributed by atoms with Crippen molar-refractivity contribution >= 4 is 0 Å². The van der Waals surface area contributed by atoms with Crippen LogP contribution in [0, 0.1) is 11.8 Å². The lowest BCUT2D eigenvalue weighted by molar-refractivity contribution is 0.771. The van der Waals surface area contributed by atoms with Crippen LogP contribution in [-0.2, 0) is 0 Å². The van der Waals surface area contributed by atoms with Crippen molar-refractivity contribution in [2.75, 3.05) is 0 Å². The third kappa shape index (κ3) is 9.30. The molecule has 0 radical (unpaired) electrons. The summed E-state index contributed by atoms with van der Waals surface area (Å²) in [4.78, 5) is 0. The lowest BCUT2D eigenvalue weighted by atomic mass is 10.2. The molecule has 0 fully saturated rings. The van der Waals surface area contributed by atoms with Gasteiger partial charge in [0.2, 0.25) is 0 Å². The highest BCUT2D eigenvalue weighted by atomic mass is 13.9. The Labute approximate surface area is 77.1 Å². The summed E-state index contributed by atoms with van der Waals surface area (Å²) in [7, 11) is 0. The third-order valence-electron chi connectivity index (χ3n) is 1.66. The van der Waals surface area contributed by atoms with Gasteiger partial charge in [0.25, 0.3) is 0 Å². The minimum atomic E-state index is 1.06. The highest BCUT2D eigenvalue weighted by Gasteiger charge is 1.81. The number of allylic oxidation sites excluding steroid dienone is 2. The Balaban J connectivity index is 3.06. The Morgan fingerprint density at radius 2 is 1.83 bits per heavy atom. The number of rotatable bonds is 5. The average molecular weight is 164 g/mol. The summed E-state index contributed by atoms with van der Waals surface area (Å²) in [6.07, 6.45) is 11.4. The molecule has 0 amide bonds. The van der Waals surface area contributed by atoms with E-state index in [9.17, 15) is 0 Å². The van der Waals surface area contributed by atoms with E-state index in [2.05, 4.69) is 37.8 Å². The Hall–Kier alpha value is -0.700. The Morgan fingerprint density at radius 3 is 2.50 bits per heavy atom. The van der Waals surface area contributed by atoms with E-state index in [0.717, 1.165) is 12.8 Å². The lowest BCUT2D eigenvalue weighted by Crippen LogP contribution is -1.72. The van der Waals surface area contributed by atoms with Gasteiger partial charge in [0, 0.05) is 12.8 Å². The molecule has 0 saturated heterocycles. The number of unbranched alkanes of at least 4 members (excludes halogenated alkanes) is 4. The van der Waals surface area contributed by atoms with E-state index in [1.165, 1.54) is 25.7 Å². The van der Waals surface area contributed by atoms with Crippen LogP contribution in [0.15, 0.2) is 12.2 Å². The molecule has 0 nitrogen and oxygen atoms in total. The van der Waals surface area contributed by atoms with Gasteiger partial charge in [0.1, 0.15) is 0 Å². The molecule has 0 aromatic rings. The maximum absolute atomic E-state index is 3.19. The van der Waals surface area contributed by atoms with E-state index in [1.54, 1.807) is 0 Å². The van der Waals surface area contributed by atoms with Crippen molar-refractivity contribution in [2.24, 2.45) is 0 Å². The van der Waals surface area contributed by atoms with Crippen LogP contribution in [0.3, 0.4) is 0 Å². The summed E-state index contributed by atoms with van der Waals surface area (Å²) in [5.74, 6) is 6.35. The van der Waals surface area contributed by atoms with Gasteiger partial charge in [-0.3, -0.25) is 0 Å². The molecule has 0 atom stereocenters. The topological polar surface area (TPSA) is 0 Å². The maximum Gasteiger partial charge on any atom is 0.00887 e. The third-order valence-corrected chi connectivity index (χ3v) is 1.66. The normalized spacial score (nSPS) is 9.83. The van der Waals surface area contributed by atoms with Gasteiger partial charge in [-0.1, -0.05) is 19.1 Å². The second kappa shape index (κ2) is 10.3. The van der Waals surface area contributed by atoms with Crippen LogP contribution in [0.1, 0.15) is 52.4 Å². The van der Waals surface area contributed by atoms with E-state index < -0.39 is 0 Å². The quantitative estimate of drug-likeness (QED) is 0.328. The van der Waals surface area contributed by atoms with Crippen molar-refractivity contribution in [1.82, 2.24) is 0 Å². The molecule has 0 unspecified atom stereocenters. The highest BCUT2D eigenvalue weighted by molar-refractivity contribution is 4.98. The Morgan fingerprint density at radius 1 is 1.08 bits per heavy atom. The minimum Gasteiger partial charge on any atom is -0.103 e. The van der Waals surface area contributed by atoms with Gasteiger partial charge in [0.05, 0.1) is 0 Å². The fourth-order valence-electron chi connectivity index (χ4n) is 0.944. The van der Waals surface area contributed by atoms with E-state index in [4.69, 9.17) is 0 Å². The number of hydrogen-bond acceptors (Lipinski definition) is 0. The molecule has 0 bridgehead atoms. The van der Waals surface area contributed by atoms with Crippen LogP contribution in [-0.4, -0.2) is 0 Å². The molecule has 0 rings (SSSR count). The van der Waals surface area contributed by atoms with Crippen LogP contribution in [0.5, 0.6) is 0 Å². The minimum absolute atomic E-state index is 1.06. The van der Waals surface area contributed by atoms with Gasteiger partial charge in [-0.15, -0.1) is 11.8 Å². The molecule has 0 heterocycles. The second-order valence-electron chi connectivity index (χ2n) is 2.92. The van der Waals surface area contributed by atoms with E-state index >= 15 is 0 Å². The van der Waals surface area contributed by atoms with Gasteiger partial charge >= 0.3 is 0 Å². The van der Waals surface area contributed by atoms with Crippen molar-refractivity contribution in [3.8, 4) is 11.8 Å². The monoisotopic (exact) mass is 164 g/mol. The van der Waals surface area contributed by atoms with Crippen LogP contribution < -0.4 is 0 Å². The van der Waals surface area contributed by atoms with Crippen molar-refractivity contribution in [3.05, 3.63) is 12.2 Å². The van der Waals surface area contributed by atoms with Crippen LogP contribution >= 0.6 is 0 Å². The predicted octanol–water partition coefficient (Wildman–Crippen LogP) is 3.93. The predicted molar refractivity (Wildman–Crippen MR) is 56.0 cm³/mol. The fraction of sp³-hybridized carbons (Fsp3) is 0.667. The molecule has 0 aliphatic carbocycles. The average Bonchev–Trinajstić information content (AvgIpc) is 2.10. The van der Waals surface area contributed by atoms with Crippen LogP contribution in [0.4, 0.5) is 0 Å². The first-order chi connectivity index (χ1) is 5.91. The van der Waals surface area contributed by atoms with Crippen molar-refractivity contribution in [1.29, 1.82) is 0 Å². The van der Waals surface area contributed by atoms with Crippen LogP contribution in [0.2, 0.25) is 0 Å². The van der Waals surface area contributed by atoms with Gasteiger partial charge in [-0.05, 0) is 32.6 Å².